The molecule has 35 heavy (non-hydrogen) atoms. The van der Waals surface area contributed by atoms with E-state index >= 15 is 0 Å². The topological polar surface area (TPSA) is 148 Å². The van der Waals surface area contributed by atoms with Gasteiger partial charge in [0, 0.05) is 7.05 Å². The van der Waals surface area contributed by atoms with E-state index in [0.717, 1.165) is 30.7 Å². The molecule has 0 bridgehead atoms. The lowest BCUT2D eigenvalue weighted by molar-refractivity contribution is -0.113. The van der Waals surface area contributed by atoms with Crippen LogP contribution < -0.4 is 15.4 Å². The van der Waals surface area contributed by atoms with Gasteiger partial charge in [-0.05, 0) is 65.1 Å². The van der Waals surface area contributed by atoms with Crippen LogP contribution in [0.2, 0.25) is 10.0 Å². The third-order valence-corrected chi connectivity index (χ3v) is 7.86. The lowest BCUT2D eigenvalue weighted by Gasteiger charge is -2.11. The molecule has 0 atom stereocenters. The predicted octanol–water partition coefficient (Wildman–Crippen LogP) is 3.20. The largest absolute Gasteiger partial charge is 0.340 e. The summed E-state index contributed by atoms with van der Waals surface area (Å²) in [5.74, 6) is 0.0917. The maximum absolute atomic E-state index is 12.5. The van der Waals surface area contributed by atoms with Crippen molar-refractivity contribution in [2.75, 3.05) is 18.1 Å². The van der Waals surface area contributed by atoms with Crippen molar-refractivity contribution < 1.29 is 18.0 Å². The van der Waals surface area contributed by atoms with Gasteiger partial charge in [0.1, 0.15) is 0 Å². The number of carbonyl (C=O) groups is 2. The van der Waals surface area contributed by atoms with E-state index in [1.165, 1.54) is 29.4 Å². The van der Waals surface area contributed by atoms with Gasteiger partial charge in [-0.1, -0.05) is 41.0 Å². The van der Waals surface area contributed by atoms with Crippen LogP contribution in [0.5, 0.6) is 0 Å². The number of aromatic nitrogens is 4. The quantitative estimate of drug-likeness (QED) is 0.359. The molecule has 1 heterocycles. The Hall–Kier alpha value is -2.87. The average molecular weight is 556 g/mol. The number of amides is 3. The van der Waals surface area contributed by atoms with E-state index in [1.807, 2.05) is 22.9 Å². The van der Waals surface area contributed by atoms with Crippen molar-refractivity contribution >= 4 is 62.6 Å². The third kappa shape index (κ3) is 6.04. The smallest absolute Gasteiger partial charge is 0.328 e. The highest BCUT2D eigenvalue weighted by atomic mass is 35.5. The number of nitrogens with one attached hydrogen (secondary N) is 3. The molecule has 3 aromatic rings. The van der Waals surface area contributed by atoms with E-state index < -0.39 is 22.0 Å². The number of benzene rings is 2. The maximum atomic E-state index is 12.5. The van der Waals surface area contributed by atoms with E-state index in [4.69, 9.17) is 23.2 Å². The molecule has 1 saturated carbocycles. The fourth-order valence-electron chi connectivity index (χ4n) is 3.10. The second kappa shape index (κ2) is 10.4. The van der Waals surface area contributed by atoms with E-state index in [1.54, 1.807) is 0 Å². The highest BCUT2D eigenvalue weighted by Gasteiger charge is 2.25. The van der Waals surface area contributed by atoms with Gasteiger partial charge in [-0.3, -0.25) is 4.79 Å². The summed E-state index contributed by atoms with van der Waals surface area (Å²) in [6, 6.07) is 8.54. The summed E-state index contributed by atoms with van der Waals surface area (Å²) >= 11 is 13.7. The molecule has 1 aliphatic carbocycles. The lowest BCUT2D eigenvalue weighted by Crippen LogP contribution is -2.37. The molecule has 184 valence electrons. The van der Waals surface area contributed by atoms with Crippen LogP contribution in [0.3, 0.4) is 0 Å². The fourth-order valence-corrected chi connectivity index (χ4v) is 5.33. The normalized spacial score (nSPS) is 13.3. The monoisotopic (exact) mass is 555 g/mol. The molecule has 0 radical (unpaired) electrons. The van der Waals surface area contributed by atoms with Gasteiger partial charge in [-0.25, -0.2) is 17.9 Å². The summed E-state index contributed by atoms with van der Waals surface area (Å²) in [5.41, 5.74) is 1.99. The summed E-state index contributed by atoms with van der Waals surface area (Å²) in [6.45, 7) is 0. The van der Waals surface area contributed by atoms with Crippen LogP contribution in [-0.4, -0.2) is 53.4 Å². The summed E-state index contributed by atoms with van der Waals surface area (Å²) in [6.07, 6.45) is 2.32. The van der Waals surface area contributed by atoms with E-state index in [2.05, 4.69) is 26.2 Å². The number of sulfonamides is 1. The van der Waals surface area contributed by atoms with Crippen molar-refractivity contribution in [2.24, 2.45) is 0 Å². The maximum Gasteiger partial charge on any atom is 0.328 e. The number of hydrogen-bond acceptors (Lipinski definition) is 8. The van der Waals surface area contributed by atoms with Crippen molar-refractivity contribution in [2.45, 2.75) is 28.8 Å². The highest BCUT2D eigenvalue weighted by Crippen LogP contribution is 2.41. The number of carbonyl (C=O) groups excluding carboxylic acids is 2. The highest BCUT2D eigenvalue weighted by molar-refractivity contribution is 7.99. The number of halogens is 2. The minimum Gasteiger partial charge on any atom is -0.340 e. The first-order chi connectivity index (χ1) is 16.7. The molecule has 3 amide bonds. The summed E-state index contributed by atoms with van der Waals surface area (Å²) in [7, 11) is -2.83. The van der Waals surface area contributed by atoms with E-state index in [-0.39, 0.29) is 21.4 Å². The fraction of sp³-hybridized carbons (Fsp3) is 0.250. The molecule has 3 N–H and O–H groups in total. The molecule has 0 spiro atoms. The number of urea groups is 1. The molecule has 1 aliphatic rings. The minimum absolute atomic E-state index is 0.0181. The van der Waals surface area contributed by atoms with Crippen molar-refractivity contribution in [1.82, 2.24) is 30.2 Å². The summed E-state index contributed by atoms with van der Waals surface area (Å²) in [5, 5.41) is 17.3. The first-order valence-electron chi connectivity index (χ1n) is 10.2. The third-order valence-electron chi connectivity index (χ3n) is 5.00. The Balaban J connectivity index is 1.40. The Bertz CT molecular complexity index is 1390. The molecule has 1 fully saturated rings. The standard InChI is InChI=1S/C20H19Cl2N7O4S2/c1-23-19(31)26-35(32,33)13-5-6-16(14(21)9-13)24-18(30)10-34-20-25-27-28-29(20)17-7-4-12(8-15(17)22)11-2-3-11/h4-9,11H,2-3,10H2,1H3,(H,24,30)(H2,23,26,31). The van der Waals surface area contributed by atoms with Gasteiger partial charge in [-0.2, -0.15) is 4.68 Å². The van der Waals surface area contributed by atoms with E-state index in [0.29, 0.717) is 21.8 Å². The van der Waals surface area contributed by atoms with Gasteiger partial charge in [0.25, 0.3) is 10.0 Å². The van der Waals surface area contributed by atoms with Crippen molar-refractivity contribution in [3.63, 3.8) is 0 Å². The van der Waals surface area contributed by atoms with Gasteiger partial charge in [0.05, 0.1) is 32.1 Å². The SMILES string of the molecule is CNC(=O)NS(=O)(=O)c1ccc(NC(=O)CSc2nnnn2-c2ccc(C3CC3)cc2Cl)c(Cl)c1. The first-order valence-corrected chi connectivity index (χ1v) is 13.5. The van der Waals surface area contributed by atoms with Gasteiger partial charge in [0.2, 0.25) is 11.1 Å². The zero-order valence-electron chi connectivity index (χ0n) is 18.2. The van der Waals surface area contributed by atoms with Gasteiger partial charge < -0.3 is 10.6 Å². The summed E-state index contributed by atoms with van der Waals surface area (Å²) < 4.78 is 27.7. The zero-order valence-corrected chi connectivity index (χ0v) is 21.3. The average Bonchev–Trinajstić information content (AvgIpc) is 3.57. The van der Waals surface area contributed by atoms with Crippen LogP contribution in [-0.2, 0) is 14.8 Å². The lowest BCUT2D eigenvalue weighted by atomic mass is 10.1. The van der Waals surface area contributed by atoms with Gasteiger partial charge >= 0.3 is 6.03 Å². The van der Waals surface area contributed by atoms with Crippen LogP contribution in [0.15, 0.2) is 46.5 Å². The second-order valence-corrected chi connectivity index (χ2v) is 11.0. The molecular formula is C20H19Cl2N7O4S2. The number of tetrazole rings is 1. The van der Waals surface area contributed by atoms with Crippen LogP contribution in [0.4, 0.5) is 10.5 Å². The Morgan fingerprint density at radius 2 is 1.91 bits per heavy atom. The van der Waals surface area contributed by atoms with Crippen molar-refractivity contribution in [1.29, 1.82) is 0 Å². The van der Waals surface area contributed by atoms with E-state index in [9.17, 15) is 18.0 Å². The van der Waals surface area contributed by atoms with Crippen LogP contribution in [0.25, 0.3) is 5.69 Å². The Kier molecular flexibility index (Phi) is 7.50. The number of anilines is 1. The Labute approximate surface area is 215 Å². The minimum atomic E-state index is -4.12. The molecule has 0 unspecified atom stereocenters. The number of rotatable bonds is 8. The predicted molar refractivity (Wildman–Crippen MR) is 132 cm³/mol. The molecule has 0 aliphatic heterocycles. The molecule has 15 heteroatoms. The molecule has 4 rings (SSSR count). The van der Waals surface area contributed by atoms with Crippen molar-refractivity contribution in [3.8, 4) is 5.69 Å². The Morgan fingerprint density at radius 3 is 2.57 bits per heavy atom. The number of nitrogens with zero attached hydrogens (tertiary/aromatic N) is 4. The zero-order chi connectivity index (χ0) is 25.2. The van der Waals surface area contributed by atoms with Crippen molar-refractivity contribution in [3.05, 3.63) is 52.0 Å². The van der Waals surface area contributed by atoms with Crippen LogP contribution in [0, 0.1) is 0 Å². The Morgan fingerprint density at radius 1 is 1.14 bits per heavy atom. The molecular weight excluding hydrogens is 537 g/mol. The van der Waals surface area contributed by atoms with Gasteiger partial charge in [0.15, 0.2) is 0 Å². The molecule has 0 saturated heterocycles. The summed E-state index contributed by atoms with van der Waals surface area (Å²) in [4.78, 5) is 23.6. The number of hydrogen-bond donors (Lipinski definition) is 3. The molecule has 11 nitrogen and oxygen atoms in total. The number of thioether (sulfide) groups is 1. The first kappa shape index (κ1) is 25.2. The molecule has 1 aromatic heterocycles. The van der Waals surface area contributed by atoms with Gasteiger partial charge in [-0.15, -0.1) is 5.10 Å². The second-order valence-electron chi connectivity index (χ2n) is 7.52. The van der Waals surface area contributed by atoms with Crippen LogP contribution in [0.1, 0.15) is 24.3 Å². The molecule has 2 aromatic carbocycles. The van der Waals surface area contributed by atoms with Crippen LogP contribution >= 0.6 is 35.0 Å².